The van der Waals surface area contributed by atoms with Crippen LogP contribution in [0.25, 0.3) is 0 Å². The second-order valence-electron chi connectivity index (χ2n) is 6.13. The Morgan fingerprint density at radius 1 is 1.32 bits per heavy atom. The van der Waals surface area contributed by atoms with E-state index in [4.69, 9.17) is 16.3 Å². The van der Waals surface area contributed by atoms with Gasteiger partial charge in [0.25, 0.3) is 11.8 Å². The van der Waals surface area contributed by atoms with Gasteiger partial charge in [0.1, 0.15) is 5.75 Å². The first kappa shape index (κ1) is 17.8. The lowest BCUT2D eigenvalue weighted by Gasteiger charge is -2.16. The van der Waals surface area contributed by atoms with Crippen molar-refractivity contribution in [1.29, 1.82) is 0 Å². The predicted octanol–water partition coefficient (Wildman–Crippen LogP) is 3.37. The van der Waals surface area contributed by atoms with E-state index in [1.165, 1.54) is 21.8 Å². The molecule has 0 saturated carbocycles. The first-order valence-corrected chi connectivity index (χ1v) is 9.30. The minimum Gasteiger partial charge on any atom is -0.482 e. The van der Waals surface area contributed by atoms with Crippen molar-refractivity contribution in [2.24, 2.45) is 5.92 Å². The zero-order valence-electron chi connectivity index (χ0n) is 13.8. The summed E-state index contributed by atoms with van der Waals surface area (Å²) in [6, 6.07) is 8.82. The molecule has 0 saturated heterocycles. The monoisotopic (exact) mass is 378 g/mol. The van der Waals surface area contributed by atoms with E-state index in [-0.39, 0.29) is 12.5 Å². The van der Waals surface area contributed by atoms with Gasteiger partial charge in [0.2, 0.25) is 0 Å². The fourth-order valence-electron chi connectivity index (χ4n) is 2.75. The fraction of sp³-hybridized carbons (Fsp3) is 0.333. The van der Waals surface area contributed by atoms with Gasteiger partial charge in [-0.15, -0.1) is 11.3 Å². The molecule has 3 rings (SSSR count). The van der Waals surface area contributed by atoms with E-state index in [9.17, 15) is 9.59 Å². The number of halogens is 1. The number of thiophene rings is 1. The number of amides is 2. The molecular formula is C18H19ClN2O3S. The molecule has 1 aliphatic carbocycles. The van der Waals surface area contributed by atoms with Crippen LogP contribution in [0.5, 0.6) is 5.75 Å². The van der Waals surface area contributed by atoms with Crippen molar-refractivity contribution in [2.75, 3.05) is 6.61 Å². The molecular weight excluding hydrogens is 360 g/mol. The summed E-state index contributed by atoms with van der Waals surface area (Å²) in [5.41, 5.74) is 6.04. The van der Waals surface area contributed by atoms with Crippen LogP contribution in [0.1, 0.15) is 33.5 Å². The molecule has 1 aromatic heterocycles. The van der Waals surface area contributed by atoms with Crippen molar-refractivity contribution in [3.63, 3.8) is 0 Å². The Morgan fingerprint density at radius 3 is 2.92 bits per heavy atom. The maximum absolute atomic E-state index is 12.2. The molecule has 2 amide bonds. The second-order valence-corrected chi connectivity index (χ2v) is 7.67. The highest BCUT2D eigenvalue weighted by Crippen LogP contribution is 2.32. The van der Waals surface area contributed by atoms with E-state index in [0.717, 1.165) is 19.3 Å². The molecule has 5 nitrogen and oxygen atoms in total. The molecule has 0 fully saturated rings. The number of ether oxygens (including phenoxy) is 1. The summed E-state index contributed by atoms with van der Waals surface area (Å²) < 4.78 is 5.32. The minimum absolute atomic E-state index is 0.234. The quantitative estimate of drug-likeness (QED) is 0.801. The van der Waals surface area contributed by atoms with Gasteiger partial charge in [0.15, 0.2) is 6.61 Å². The molecule has 2 N–H and O–H groups in total. The summed E-state index contributed by atoms with van der Waals surface area (Å²) in [6.07, 6.45) is 3.19. The molecule has 0 radical (unpaired) electrons. The summed E-state index contributed by atoms with van der Waals surface area (Å²) in [7, 11) is 0. The highest BCUT2D eigenvalue weighted by Gasteiger charge is 2.20. The third-order valence-corrected chi connectivity index (χ3v) is 5.61. The van der Waals surface area contributed by atoms with Gasteiger partial charge in [0, 0.05) is 4.88 Å². The van der Waals surface area contributed by atoms with Crippen LogP contribution in [0.4, 0.5) is 0 Å². The van der Waals surface area contributed by atoms with Crippen LogP contribution in [0.15, 0.2) is 30.3 Å². The molecule has 0 aliphatic heterocycles. The number of hydrogen-bond acceptors (Lipinski definition) is 4. The zero-order chi connectivity index (χ0) is 17.8. The first-order valence-electron chi connectivity index (χ1n) is 8.11. The zero-order valence-corrected chi connectivity index (χ0v) is 15.4. The molecule has 1 unspecified atom stereocenters. The number of hydrazine groups is 1. The number of nitrogens with one attached hydrogen (secondary N) is 2. The van der Waals surface area contributed by atoms with E-state index < -0.39 is 5.91 Å². The molecule has 0 spiro atoms. The third kappa shape index (κ3) is 4.52. The number of aryl methyl sites for hydroxylation is 1. The van der Waals surface area contributed by atoms with Crippen LogP contribution in [0.3, 0.4) is 0 Å². The Hall–Kier alpha value is -2.05. The number of para-hydroxylation sites is 1. The van der Waals surface area contributed by atoms with Gasteiger partial charge in [-0.1, -0.05) is 30.7 Å². The number of carbonyl (C=O) groups is 2. The van der Waals surface area contributed by atoms with Crippen LogP contribution in [-0.4, -0.2) is 18.4 Å². The topological polar surface area (TPSA) is 67.4 Å². The van der Waals surface area contributed by atoms with Crippen LogP contribution in [0.2, 0.25) is 5.02 Å². The number of hydrogen-bond donors (Lipinski definition) is 2. The van der Waals surface area contributed by atoms with E-state index in [2.05, 4.69) is 17.8 Å². The Bertz CT molecular complexity index is 790. The largest absolute Gasteiger partial charge is 0.482 e. The van der Waals surface area contributed by atoms with Gasteiger partial charge >= 0.3 is 0 Å². The van der Waals surface area contributed by atoms with Crippen LogP contribution in [0, 0.1) is 5.92 Å². The van der Waals surface area contributed by atoms with Gasteiger partial charge in [-0.2, -0.15) is 0 Å². The van der Waals surface area contributed by atoms with Crippen molar-refractivity contribution < 1.29 is 14.3 Å². The molecule has 132 valence electrons. The van der Waals surface area contributed by atoms with E-state index >= 15 is 0 Å². The van der Waals surface area contributed by atoms with Crippen molar-refractivity contribution >= 4 is 34.8 Å². The Balaban J connectivity index is 1.49. The first-order chi connectivity index (χ1) is 12.0. The summed E-state index contributed by atoms with van der Waals surface area (Å²) in [5.74, 6) is 0.312. The van der Waals surface area contributed by atoms with Crippen molar-refractivity contribution in [1.82, 2.24) is 10.9 Å². The van der Waals surface area contributed by atoms with Crippen molar-refractivity contribution in [2.45, 2.75) is 26.2 Å². The van der Waals surface area contributed by atoms with Crippen molar-refractivity contribution in [3.05, 3.63) is 50.7 Å². The average Bonchev–Trinajstić information content (AvgIpc) is 3.02. The molecule has 25 heavy (non-hydrogen) atoms. The highest BCUT2D eigenvalue weighted by molar-refractivity contribution is 7.14. The van der Waals surface area contributed by atoms with Gasteiger partial charge in [0.05, 0.1) is 9.90 Å². The average molecular weight is 379 g/mol. The smallest absolute Gasteiger partial charge is 0.279 e. The van der Waals surface area contributed by atoms with Gasteiger partial charge < -0.3 is 4.74 Å². The fourth-order valence-corrected chi connectivity index (χ4v) is 4.04. The molecule has 2 aromatic rings. The third-order valence-electron chi connectivity index (χ3n) is 4.06. The highest BCUT2D eigenvalue weighted by atomic mass is 35.5. The maximum Gasteiger partial charge on any atom is 0.279 e. The van der Waals surface area contributed by atoms with Crippen molar-refractivity contribution in [3.8, 4) is 5.75 Å². The lowest BCUT2D eigenvalue weighted by Crippen LogP contribution is -2.43. The second kappa shape index (κ2) is 7.89. The van der Waals surface area contributed by atoms with Crippen LogP contribution in [-0.2, 0) is 17.6 Å². The van der Waals surface area contributed by atoms with E-state index in [0.29, 0.717) is 21.6 Å². The normalized spacial score (nSPS) is 16.0. The molecule has 1 aliphatic rings. The summed E-state index contributed by atoms with van der Waals surface area (Å²) >= 11 is 7.45. The standard InChI is InChI=1S/C18H19ClN2O3S/c1-11-6-7-15-12(8-11)9-16(25-15)18(23)21-20-17(22)10-24-14-5-3-2-4-13(14)19/h2-5,9,11H,6-8,10H2,1H3,(H,20,22)(H,21,23). The van der Waals surface area contributed by atoms with Crippen LogP contribution >= 0.6 is 22.9 Å². The summed E-state index contributed by atoms with van der Waals surface area (Å²) in [6.45, 7) is 1.99. The number of fused-ring (bicyclic) bond motifs is 1. The number of rotatable bonds is 4. The predicted molar refractivity (Wildman–Crippen MR) is 98.1 cm³/mol. The van der Waals surface area contributed by atoms with E-state index in [1.54, 1.807) is 24.3 Å². The Morgan fingerprint density at radius 2 is 2.12 bits per heavy atom. The molecule has 1 atom stereocenters. The summed E-state index contributed by atoms with van der Waals surface area (Å²) in [4.78, 5) is 25.9. The lowest BCUT2D eigenvalue weighted by molar-refractivity contribution is -0.123. The molecule has 1 aromatic carbocycles. The number of carbonyl (C=O) groups excluding carboxylic acids is 2. The molecule has 7 heteroatoms. The van der Waals surface area contributed by atoms with Crippen LogP contribution < -0.4 is 15.6 Å². The summed E-state index contributed by atoms with van der Waals surface area (Å²) in [5, 5.41) is 0.428. The SMILES string of the molecule is CC1CCc2sc(C(=O)NNC(=O)COc3ccccc3Cl)cc2C1. The maximum atomic E-state index is 12.2. The Labute approximate surface area is 155 Å². The molecule has 0 bridgehead atoms. The van der Waals surface area contributed by atoms with E-state index in [1.807, 2.05) is 6.07 Å². The molecule has 1 heterocycles. The lowest BCUT2D eigenvalue weighted by atomic mass is 9.90. The Kier molecular flexibility index (Phi) is 5.60. The van der Waals surface area contributed by atoms with Gasteiger partial charge in [-0.25, -0.2) is 0 Å². The van der Waals surface area contributed by atoms with Gasteiger partial charge in [-0.05, 0) is 48.9 Å². The minimum atomic E-state index is -0.455. The van der Waals surface area contributed by atoms with Gasteiger partial charge in [-0.3, -0.25) is 20.4 Å². The number of benzene rings is 1.